The Morgan fingerprint density at radius 2 is 2.03 bits per heavy atom. The van der Waals surface area contributed by atoms with E-state index in [1.165, 1.54) is 13.2 Å². The molecule has 3 rings (SSSR count). The molecule has 0 radical (unpaired) electrons. The van der Waals surface area contributed by atoms with Crippen LogP contribution in [0.2, 0.25) is 0 Å². The molecule has 3 unspecified atom stereocenters. The highest BCUT2D eigenvalue weighted by Gasteiger charge is 2.42. The van der Waals surface area contributed by atoms with Crippen LogP contribution in [-0.4, -0.2) is 78.3 Å². The van der Waals surface area contributed by atoms with Gasteiger partial charge in [0.05, 0.1) is 23.3 Å². The number of hydrogen-bond acceptors (Lipinski definition) is 7. The Balaban J connectivity index is 1.99. The van der Waals surface area contributed by atoms with Gasteiger partial charge in [0.1, 0.15) is 18.5 Å². The molecule has 3 atom stereocenters. The lowest BCUT2D eigenvalue weighted by molar-refractivity contribution is -0.142. The molecule has 2 aliphatic carbocycles. The zero-order valence-corrected chi connectivity index (χ0v) is 22.4. The fourth-order valence-electron chi connectivity index (χ4n) is 4.14. The molecular formula is C25H33IN2O7. The van der Waals surface area contributed by atoms with Crippen molar-refractivity contribution in [1.82, 2.24) is 10.2 Å². The van der Waals surface area contributed by atoms with Gasteiger partial charge in [0.2, 0.25) is 11.8 Å². The highest BCUT2D eigenvalue weighted by atomic mass is 127. The summed E-state index contributed by atoms with van der Waals surface area (Å²) in [6.45, 7) is 4.04. The molecule has 9 nitrogen and oxygen atoms in total. The van der Waals surface area contributed by atoms with E-state index < -0.39 is 18.2 Å². The van der Waals surface area contributed by atoms with Crippen molar-refractivity contribution < 1.29 is 34.1 Å². The van der Waals surface area contributed by atoms with E-state index in [-0.39, 0.29) is 37.3 Å². The lowest BCUT2D eigenvalue weighted by atomic mass is 9.87. The molecule has 1 aromatic rings. The molecule has 0 bridgehead atoms. The topological polar surface area (TPSA) is 125 Å². The second-order valence-corrected chi connectivity index (χ2v) is 10.4. The Morgan fingerprint density at radius 3 is 2.60 bits per heavy atom. The van der Waals surface area contributed by atoms with E-state index in [9.17, 15) is 19.5 Å². The van der Waals surface area contributed by atoms with Crippen LogP contribution >= 0.6 is 22.6 Å². The molecule has 1 aromatic carbocycles. The van der Waals surface area contributed by atoms with Crippen LogP contribution in [0.1, 0.15) is 43.5 Å². The van der Waals surface area contributed by atoms with Crippen molar-refractivity contribution >= 4 is 40.7 Å². The van der Waals surface area contributed by atoms with Crippen LogP contribution in [0.25, 0.3) is 0 Å². The predicted molar refractivity (Wildman–Crippen MR) is 137 cm³/mol. The third-order valence-corrected chi connectivity index (χ3v) is 6.99. The van der Waals surface area contributed by atoms with Gasteiger partial charge in [0.15, 0.2) is 11.5 Å². The van der Waals surface area contributed by atoms with E-state index in [1.54, 1.807) is 17.0 Å². The highest BCUT2D eigenvalue weighted by molar-refractivity contribution is 14.1. The molecule has 2 aliphatic rings. The number of aliphatic hydroxyl groups excluding tert-OH is 2. The van der Waals surface area contributed by atoms with Gasteiger partial charge in [0, 0.05) is 36.6 Å². The molecule has 1 fully saturated rings. The molecule has 0 aliphatic heterocycles. The van der Waals surface area contributed by atoms with Crippen LogP contribution < -0.4 is 14.8 Å². The Labute approximate surface area is 219 Å². The lowest BCUT2D eigenvalue weighted by Crippen LogP contribution is -2.56. The average Bonchev–Trinajstić information content (AvgIpc) is 3.66. The van der Waals surface area contributed by atoms with Gasteiger partial charge in [-0.15, -0.1) is 0 Å². The Bertz CT molecular complexity index is 977. The zero-order chi connectivity index (χ0) is 25.7. The minimum Gasteiger partial charge on any atom is -0.493 e. The number of nitrogens with one attached hydrogen (secondary N) is 1. The fourth-order valence-corrected chi connectivity index (χ4v) is 4.89. The van der Waals surface area contributed by atoms with Crippen molar-refractivity contribution in [1.29, 1.82) is 0 Å². The van der Waals surface area contributed by atoms with Crippen LogP contribution in [0, 0.1) is 15.4 Å². The third kappa shape index (κ3) is 6.73. The van der Waals surface area contributed by atoms with E-state index in [0.717, 1.165) is 12.8 Å². The van der Waals surface area contributed by atoms with E-state index in [4.69, 9.17) is 14.6 Å². The number of rotatable bonds is 11. The number of halogens is 1. The number of hydrogen-bond donors (Lipinski definition) is 3. The third-order valence-electron chi connectivity index (χ3n) is 6.19. The fraction of sp³-hybridized carbons (Fsp3) is 0.560. The quantitative estimate of drug-likeness (QED) is 0.262. The number of carbonyl (C=O) groups is 3. The van der Waals surface area contributed by atoms with Gasteiger partial charge < -0.3 is 29.9 Å². The van der Waals surface area contributed by atoms with E-state index in [1.807, 2.05) is 36.4 Å². The summed E-state index contributed by atoms with van der Waals surface area (Å²) in [7, 11) is 1.45. The van der Waals surface area contributed by atoms with Gasteiger partial charge in [-0.25, -0.2) is 0 Å². The lowest BCUT2D eigenvalue weighted by Gasteiger charge is -2.41. The summed E-state index contributed by atoms with van der Waals surface area (Å²) in [5.41, 5.74) is 0.785. The number of ether oxygens (including phenoxy) is 2. The SMILES string of the molecule is COc1cc(C=O)cc(I)c1OC1C=C(C(=O)NCCO)CC(N(CC2CC2)C(=O)C(C)C)C1O. The molecule has 0 heterocycles. The van der Waals surface area contributed by atoms with Crippen molar-refractivity contribution in [2.45, 2.75) is 51.4 Å². The second-order valence-electron chi connectivity index (χ2n) is 9.26. The first kappa shape index (κ1) is 27.4. The normalized spacial score (nSPS) is 21.8. The maximum Gasteiger partial charge on any atom is 0.247 e. The van der Waals surface area contributed by atoms with Crippen molar-refractivity contribution in [3.05, 3.63) is 32.9 Å². The van der Waals surface area contributed by atoms with Gasteiger partial charge in [-0.1, -0.05) is 13.8 Å². The Hall–Kier alpha value is -2.18. The van der Waals surface area contributed by atoms with Crippen LogP contribution in [0.5, 0.6) is 11.5 Å². The summed E-state index contributed by atoms with van der Waals surface area (Å²) in [6.07, 6.45) is 2.45. The minimum atomic E-state index is -1.10. The molecule has 0 saturated heterocycles. The highest BCUT2D eigenvalue weighted by Crippen LogP contribution is 2.38. The van der Waals surface area contributed by atoms with Crippen molar-refractivity contribution in [2.24, 2.45) is 11.8 Å². The maximum absolute atomic E-state index is 13.2. The van der Waals surface area contributed by atoms with Gasteiger partial charge in [-0.05, 0) is 59.6 Å². The molecular weight excluding hydrogens is 567 g/mol. The number of amides is 2. The summed E-state index contributed by atoms with van der Waals surface area (Å²) in [4.78, 5) is 39.0. The molecule has 0 aromatic heterocycles. The van der Waals surface area contributed by atoms with E-state index in [2.05, 4.69) is 5.32 Å². The number of aliphatic hydroxyl groups is 2. The van der Waals surface area contributed by atoms with Crippen molar-refractivity contribution in [2.75, 3.05) is 26.8 Å². The first-order valence-electron chi connectivity index (χ1n) is 11.8. The summed E-state index contributed by atoms with van der Waals surface area (Å²) < 4.78 is 12.2. The van der Waals surface area contributed by atoms with Gasteiger partial charge in [0.25, 0.3) is 0 Å². The summed E-state index contributed by atoms with van der Waals surface area (Å²) >= 11 is 2.02. The van der Waals surface area contributed by atoms with Crippen LogP contribution in [0.3, 0.4) is 0 Å². The smallest absolute Gasteiger partial charge is 0.247 e. The number of nitrogens with zero attached hydrogens (tertiary/aromatic N) is 1. The van der Waals surface area contributed by atoms with Gasteiger partial charge >= 0.3 is 0 Å². The average molecular weight is 600 g/mol. The molecule has 3 N–H and O–H groups in total. The van der Waals surface area contributed by atoms with Crippen LogP contribution in [-0.2, 0) is 9.59 Å². The van der Waals surface area contributed by atoms with Crippen molar-refractivity contribution in [3.8, 4) is 11.5 Å². The van der Waals surface area contributed by atoms with E-state index >= 15 is 0 Å². The number of benzene rings is 1. The van der Waals surface area contributed by atoms with Crippen molar-refractivity contribution in [3.63, 3.8) is 0 Å². The zero-order valence-electron chi connectivity index (χ0n) is 20.2. The largest absolute Gasteiger partial charge is 0.493 e. The molecule has 2 amide bonds. The monoisotopic (exact) mass is 600 g/mol. The second kappa shape index (κ2) is 12.2. The Morgan fingerprint density at radius 1 is 1.31 bits per heavy atom. The number of methoxy groups -OCH3 is 1. The molecule has 35 heavy (non-hydrogen) atoms. The van der Waals surface area contributed by atoms with Crippen LogP contribution in [0.4, 0.5) is 0 Å². The van der Waals surface area contributed by atoms with Gasteiger partial charge in [-0.2, -0.15) is 0 Å². The molecule has 10 heteroatoms. The number of carbonyl (C=O) groups excluding carboxylic acids is 3. The summed E-state index contributed by atoms with van der Waals surface area (Å²) in [6, 6.07) is 2.52. The molecule has 0 spiro atoms. The predicted octanol–water partition coefficient (Wildman–Crippen LogP) is 1.92. The minimum absolute atomic E-state index is 0.0841. The Kier molecular flexibility index (Phi) is 9.54. The van der Waals surface area contributed by atoms with Gasteiger partial charge in [-0.3, -0.25) is 14.4 Å². The standard InChI is InChI=1S/C25H33IN2O7/c1-14(2)25(33)28(12-15-4-5-15)19-10-17(24(32)27-6-7-29)11-20(22(19)31)35-23-18(26)8-16(13-30)9-21(23)34-3/h8-9,11,13-15,19-20,22,29,31H,4-7,10,12H2,1-3H3,(H,27,32). The summed E-state index contributed by atoms with van der Waals surface area (Å²) in [5, 5.41) is 23.2. The molecule has 1 saturated carbocycles. The maximum atomic E-state index is 13.2. The first-order chi connectivity index (χ1) is 16.7. The van der Waals surface area contributed by atoms with Crippen LogP contribution in [0.15, 0.2) is 23.8 Å². The summed E-state index contributed by atoms with van der Waals surface area (Å²) in [5.74, 6) is 0.304. The van der Waals surface area contributed by atoms with E-state index in [0.29, 0.717) is 45.0 Å². The number of aldehydes is 1. The molecule has 192 valence electrons. The first-order valence-corrected chi connectivity index (χ1v) is 12.9.